The molecule has 0 aliphatic carbocycles. The van der Waals surface area contributed by atoms with Gasteiger partial charge in [0.1, 0.15) is 0 Å². The Kier molecular flexibility index (Phi) is 20.8. The molecule has 0 rings (SSSR count). The highest BCUT2D eigenvalue weighted by Gasteiger charge is 1.97. The summed E-state index contributed by atoms with van der Waals surface area (Å²) in [6.45, 7) is 14.0. The van der Waals surface area contributed by atoms with Crippen LogP contribution in [0.25, 0.3) is 0 Å². The van der Waals surface area contributed by atoms with Crippen molar-refractivity contribution in [1.29, 1.82) is 0 Å². The Labute approximate surface area is 154 Å². The van der Waals surface area contributed by atoms with E-state index in [-0.39, 0.29) is 24.0 Å². The molecule has 0 amide bonds. The third-order valence-corrected chi connectivity index (χ3v) is 2.87. The van der Waals surface area contributed by atoms with Gasteiger partial charge in [-0.2, -0.15) is 0 Å². The van der Waals surface area contributed by atoms with Crippen LogP contribution in [0.1, 0.15) is 47.0 Å². The van der Waals surface area contributed by atoms with Crippen molar-refractivity contribution in [3.05, 3.63) is 0 Å². The molecule has 0 aliphatic rings. The maximum atomic E-state index is 5.56. The molecule has 0 aromatic heterocycles. The number of nitrogens with one attached hydrogen (secondary N) is 2. The van der Waals surface area contributed by atoms with Crippen molar-refractivity contribution < 1.29 is 9.47 Å². The minimum atomic E-state index is 0. The summed E-state index contributed by atoms with van der Waals surface area (Å²) in [6, 6.07) is 0. The SMILES string of the molecule is CCCCOCCNC(=NCCOCCC(C)C)NCC.I. The Morgan fingerprint density at radius 1 is 1.00 bits per heavy atom. The molecule has 134 valence electrons. The maximum absolute atomic E-state index is 5.56. The third kappa shape index (κ3) is 18.0. The Bertz CT molecular complexity index is 252. The molecule has 22 heavy (non-hydrogen) atoms. The van der Waals surface area contributed by atoms with Gasteiger partial charge < -0.3 is 20.1 Å². The minimum Gasteiger partial charge on any atom is -0.380 e. The number of rotatable bonds is 13. The van der Waals surface area contributed by atoms with Gasteiger partial charge >= 0.3 is 0 Å². The lowest BCUT2D eigenvalue weighted by Crippen LogP contribution is -2.39. The molecule has 0 bridgehead atoms. The molecule has 0 fully saturated rings. The molecule has 0 spiro atoms. The van der Waals surface area contributed by atoms with Gasteiger partial charge in [0.15, 0.2) is 5.96 Å². The molecule has 0 aliphatic heterocycles. The molecule has 0 aromatic rings. The number of aliphatic imine (C=N–C) groups is 1. The molecule has 6 heteroatoms. The zero-order valence-corrected chi connectivity index (χ0v) is 17.2. The predicted molar refractivity (Wildman–Crippen MR) is 105 cm³/mol. The van der Waals surface area contributed by atoms with Crippen molar-refractivity contribution in [2.75, 3.05) is 46.1 Å². The smallest absolute Gasteiger partial charge is 0.191 e. The van der Waals surface area contributed by atoms with Gasteiger partial charge in [-0.25, -0.2) is 0 Å². The van der Waals surface area contributed by atoms with Crippen molar-refractivity contribution in [1.82, 2.24) is 10.6 Å². The van der Waals surface area contributed by atoms with Gasteiger partial charge in [-0.3, -0.25) is 4.99 Å². The second kappa shape index (κ2) is 19.0. The first kappa shape index (κ1) is 24.2. The molecule has 0 saturated heterocycles. The summed E-state index contributed by atoms with van der Waals surface area (Å²) in [5.41, 5.74) is 0. The third-order valence-electron chi connectivity index (χ3n) is 2.87. The largest absolute Gasteiger partial charge is 0.380 e. The highest BCUT2D eigenvalue weighted by Crippen LogP contribution is 1.98. The first-order valence-electron chi connectivity index (χ1n) is 8.38. The van der Waals surface area contributed by atoms with Gasteiger partial charge in [-0.1, -0.05) is 27.2 Å². The number of ether oxygens (including phenoxy) is 2. The van der Waals surface area contributed by atoms with Crippen LogP contribution in [0.2, 0.25) is 0 Å². The van der Waals surface area contributed by atoms with Gasteiger partial charge in [0.05, 0.1) is 19.8 Å². The normalized spacial score (nSPS) is 11.4. The summed E-state index contributed by atoms with van der Waals surface area (Å²) >= 11 is 0. The summed E-state index contributed by atoms with van der Waals surface area (Å²) < 4.78 is 11.1. The summed E-state index contributed by atoms with van der Waals surface area (Å²) in [5, 5.41) is 6.49. The van der Waals surface area contributed by atoms with Crippen LogP contribution in [-0.2, 0) is 9.47 Å². The van der Waals surface area contributed by atoms with Crippen LogP contribution in [0.4, 0.5) is 0 Å². The fourth-order valence-electron chi connectivity index (χ4n) is 1.57. The van der Waals surface area contributed by atoms with Crippen LogP contribution < -0.4 is 10.6 Å². The number of hydrogen-bond acceptors (Lipinski definition) is 3. The van der Waals surface area contributed by atoms with E-state index in [1.54, 1.807) is 0 Å². The molecule has 2 N–H and O–H groups in total. The highest BCUT2D eigenvalue weighted by atomic mass is 127. The van der Waals surface area contributed by atoms with Crippen LogP contribution in [-0.4, -0.2) is 52.0 Å². The molecule has 0 aromatic carbocycles. The molecule has 0 atom stereocenters. The lowest BCUT2D eigenvalue weighted by Gasteiger charge is -2.11. The van der Waals surface area contributed by atoms with Crippen LogP contribution >= 0.6 is 24.0 Å². The van der Waals surface area contributed by atoms with E-state index in [4.69, 9.17) is 9.47 Å². The second-order valence-electron chi connectivity index (χ2n) is 5.45. The lowest BCUT2D eigenvalue weighted by atomic mass is 10.1. The van der Waals surface area contributed by atoms with Gasteiger partial charge in [0.2, 0.25) is 0 Å². The molecule has 0 heterocycles. The van der Waals surface area contributed by atoms with Crippen LogP contribution in [0.15, 0.2) is 4.99 Å². The summed E-state index contributed by atoms with van der Waals surface area (Å²) in [5.74, 6) is 1.53. The topological polar surface area (TPSA) is 54.9 Å². The monoisotopic (exact) mass is 429 g/mol. The molecular weight excluding hydrogens is 393 g/mol. The number of nitrogens with zero attached hydrogens (tertiary/aromatic N) is 1. The van der Waals surface area contributed by atoms with E-state index >= 15 is 0 Å². The average molecular weight is 429 g/mol. The fourth-order valence-corrected chi connectivity index (χ4v) is 1.57. The highest BCUT2D eigenvalue weighted by molar-refractivity contribution is 14.0. The zero-order chi connectivity index (χ0) is 15.8. The lowest BCUT2D eigenvalue weighted by molar-refractivity contribution is 0.130. The minimum absolute atomic E-state index is 0. The number of unbranched alkanes of at least 4 members (excludes halogenated alkanes) is 1. The van der Waals surface area contributed by atoms with Crippen molar-refractivity contribution >= 4 is 29.9 Å². The molecule has 0 saturated carbocycles. The fraction of sp³-hybridized carbons (Fsp3) is 0.938. The van der Waals surface area contributed by atoms with Crippen molar-refractivity contribution in [2.45, 2.75) is 47.0 Å². The zero-order valence-electron chi connectivity index (χ0n) is 14.8. The Morgan fingerprint density at radius 2 is 1.73 bits per heavy atom. The second-order valence-corrected chi connectivity index (χ2v) is 5.45. The van der Waals surface area contributed by atoms with Crippen molar-refractivity contribution in [2.24, 2.45) is 10.9 Å². The first-order valence-corrected chi connectivity index (χ1v) is 8.38. The van der Waals surface area contributed by atoms with Gasteiger partial charge in [-0.15, -0.1) is 24.0 Å². The summed E-state index contributed by atoms with van der Waals surface area (Å²) in [6.07, 6.45) is 3.41. The number of halogens is 1. The van der Waals surface area contributed by atoms with Crippen LogP contribution in [0, 0.1) is 5.92 Å². The first-order chi connectivity index (χ1) is 10.2. The van der Waals surface area contributed by atoms with E-state index in [2.05, 4.69) is 43.3 Å². The summed E-state index contributed by atoms with van der Waals surface area (Å²) in [4.78, 5) is 4.48. The van der Waals surface area contributed by atoms with Crippen LogP contribution in [0.3, 0.4) is 0 Å². The molecule has 0 radical (unpaired) electrons. The Balaban J connectivity index is 0. The van der Waals surface area contributed by atoms with E-state index in [0.717, 1.165) is 51.7 Å². The molecule has 5 nitrogen and oxygen atoms in total. The number of guanidine groups is 1. The number of hydrogen-bond donors (Lipinski definition) is 2. The van der Waals surface area contributed by atoms with Crippen LogP contribution in [0.5, 0.6) is 0 Å². The maximum Gasteiger partial charge on any atom is 0.191 e. The molecule has 0 unspecified atom stereocenters. The van der Waals surface area contributed by atoms with Gasteiger partial charge in [-0.05, 0) is 25.7 Å². The Hall–Kier alpha value is -0.0800. The van der Waals surface area contributed by atoms with E-state index in [0.29, 0.717) is 19.1 Å². The van der Waals surface area contributed by atoms with E-state index in [9.17, 15) is 0 Å². The van der Waals surface area contributed by atoms with Gasteiger partial charge in [0, 0.05) is 26.3 Å². The van der Waals surface area contributed by atoms with E-state index in [1.807, 2.05) is 0 Å². The summed E-state index contributed by atoms with van der Waals surface area (Å²) in [7, 11) is 0. The van der Waals surface area contributed by atoms with Crippen molar-refractivity contribution in [3.63, 3.8) is 0 Å². The van der Waals surface area contributed by atoms with E-state index < -0.39 is 0 Å². The molecular formula is C16H36IN3O2. The quantitative estimate of drug-likeness (QED) is 0.205. The Morgan fingerprint density at radius 3 is 2.36 bits per heavy atom. The van der Waals surface area contributed by atoms with Gasteiger partial charge in [0.25, 0.3) is 0 Å². The van der Waals surface area contributed by atoms with Crippen molar-refractivity contribution in [3.8, 4) is 0 Å². The standard InChI is InChI=1S/C16H35N3O2.HI/c1-5-7-11-20-13-9-18-16(17-6-2)19-10-14-21-12-8-15(3)4;/h15H,5-14H2,1-4H3,(H2,17,18,19);1H. The predicted octanol–water partition coefficient (Wildman–Crippen LogP) is 3.04. The van der Waals surface area contributed by atoms with E-state index in [1.165, 1.54) is 6.42 Å². The average Bonchev–Trinajstić information content (AvgIpc) is 2.45.